The third-order valence-electron chi connectivity index (χ3n) is 2.59. The number of hydrogen-bond donors (Lipinski definition) is 4. The van der Waals surface area contributed by atoms with Crippen LogP contribution in [0.4, 0.5) is 11.9 Å². The molecule has 0 saturated heterocycles. The van der Waals surface area contributed by atoms with Crippen molar-refractivity contribution in [2.45, 2.75) is 13.8 Å². The van der Waals surface area contributed by atoms with Gasteiger partial charge in [-0.05, 0) is 30.1 Å². The number of H-pyrrole nitrogens is 1. The number of nitrogens with two attached hydrogens (primary N) is 1. The van der Waals surface area contributed by atoms with Gasteiger partial charge in [0.25, 0.3) is 5.95 Å². The highest BCUT2D eigenvalue weighted by Gasteiger charge is 2.17. The molecule has 0 saturated carbocycles. The molecule has 3 aromatic rings. The van der Waals surface area contributed by atoms with Crippen molar-refractivity contribution in [1.29, 1.82) is 0 Å². The number of nitrogen functional groups attached to an aromatic ring is 1. The standard InChI is InChI=1S/C9H12N12.ClHO4.H2O/c1-5-3-6(2)21(19-5)9-17-13-7(14-18-9)12-16-8-15-11-4-20(8)10;2-1(3,4)5;/h3-4H,10H2,1-2H3,(H2,12,13,14,15,16,17,18);(H,2,3,4,5);1H2. The van der Waals surface area contributed by atoms with E-state index in [4.69, 9.17) is 24.5 Å². The first-order chi connectivity index (χ1) is 12.1. The molecule has 0 aliphatic rings. The summed E-state index contributed by atoms with van der Waals surface area (Å²) in [4.78, 5) is 0. The summed E-state index contributed by atoms with van der Waals surface area (Å²) in [5.41, 5.74) is 7.28. The van der Waals surface area contributed by atoms with Crippen molar-refractivity contribution in [1.82, 2.24) is 40.4 Å². The lowest BCUT2D eigenvalue weighted by Gasteiger charge is -2.17. The molecule has 3 heterocycles. The van der Waals surface area contributed by atoms with Gasteiger partial charge in [-0.15, -0.1) is 25.1 Å². The van der Waals surface area contributed by atoms with Gasteiger partial charge in [-0.3, -0.25) is 10.9 Å². The van der Waals surface area contributed by atoms with Crippen LogP contribution in [0.15, 0.2) is 12.4 Å². The third kappa shape index (κ3) is 6.89. The number of nitrogens with one attached hydrogen (secondary N) is 3. The topological polar surface area (TPSA) is 276 Å². The number of halogens is 1. The fourth-order valence-corrected chi connectivity index (χ4v) is 1.69. The smallest absolute Gasteiger partial charge is 0.412 e. The highest BCUT2D eigenvalue weighted by molar-refractivity contribution is 5.33. The van der Waals surface area contributed by atoms with Crippen LogP contribution >= 0.6 is 0 Å². The van der Waals surface area contributed by atoms with Crippen molar-refractivity contribution in [3.8, 4) is 5.95 Å². The van der Waals surface area contributed by atoms with E-state index >= 15 is 0 Å². The summed E-state index contributed by atoms with van der Waals surface area (Å²) >= 11 is 0. The van der Waals surface area contributed by atoms with Gasteiger partial charge in [0.05, 0.1) is 10.2 Å². The molecular formula is C9H15ClN12O5. The van der Waals surface area contributed by atoms with Gasteiger partial charge in [0, 0.05) is 5.69 Å². The summed E-state index contributed by atoms with van der Waals surface area (Å²) in [6.07, 6.45) is 1.34. The summed E-state index contributed by atoms with van der Waals surface area (Å²) in [5.74, 6) is 6.34. The lowest BCUT2D eigenvalue weighted by atomic mass is 10.4. The minimum Gasteiger partial charge on any atom is -0.412 e. The first kappa shape index (κ1) is 21.8. The van der Waals surface area contributed by atoms with Crippen LogP contribution in [0.25, 0.3) is 5.95 Å². The van der Waals surface area contributed by atoms with Crippen LogP contribution in [-0.2, 0) is 0 Å². The van der Waals surface area contributed by atoms with Crippen LogP contribution < -0.4 is 40.0 Å². The van der Waals surface area contributed by atoms with Crippen molar-refractivity contribution >= 4 is 11.9 Å². The first-order valence-electron chi connectivity index (χ1n) is 6.58. The molecule has 0 unspecified atom stereocenters. The van der Waals surface area contributed by atoms with Crippen molar-refractivity contribution < 1.29 is 39.0 Å². The fourth-order valence-electron chi connectivity index (χ4n) is 1.69. The second-order valence-corrected chi connectivity index (χ2v) is 5.39. The number of nitrogens with zero attached hydrogens (tertiary/aromatic N) is 8. The average Bonchev–Trinajstić information content (AvgIpc) is 3.09. The van der Waals surface area contributed by atoms with E-state index in [1.165, 1.54) is 11.0 Å². The predicted molar refractivity (Wildman–Crippen MR) is 74.0 cm³/mol. The van der Waals surface area contributed by atoms with E-state index in [1.54, 1.807) is 4.68 Å². The number of anilines is 2. The summed E-state index contributed by atoms with van der Waals surface area (Å²) in [6.45, 7) is 3.86. The second-order valence-electron chi connectivity index (χ2n) is 4.63. The van der Waals surface area contributed by atoms with Gasteiger partial charge < -0.3 is 11.3 Å². The van der Waals surface area contributed by atoms with Crippen molar-refractivity contribution in [3.63, 3.8) is 0 Å². The maximum absolute atomic E-state index is 8.49. The van der Waals surface area contributed by atoms with Gasteiger partial charge in [0.2, 0.25) is 0 Å². The zero-order valence-corrected chi connectivity index (χ0v) is 14.6. The van der Waals surface area contributed by atoms with Crippen LogP contribution in [0.3, 0.4) is 0 Å². The third-order valence-corrected chi connectivity index (χ3v) is 2.59. The number of hydrazine groups is 1. The van der Waals surface area contributed by atoms with Gasteiger partial charge >= 0.3 is 11.9 Å². The maximum atomic E-state index is 8.49. The van der Waals surface area contributed by atoms with E-state index in [-0.39, 0.29) is 11.4 Å². The van der Waals surface area contributed by atoms with Crippen molar-refractivity contribution in [2.24, 2.45) is 0 Å². The second kappa shape index (κ2) is 8.93. The number of aromatic amines is 1. The van der Waals surface area contributed by atoms with Gasteiger partial charge in [0.1, 0.15) is 12.0 Å². The zero-order valence-electron chi connectivity index (χ0n) is 13.8. The Bertz CT molecular complexity index is 840. The molecule has 7 N–H and O–H groups in total. The van der Waals surface area contributed by atoms with Crippen LogP contribution in [-0.4, -0.2) is 45.8 Å². The molecule has 0 spiro atoms. The van der Waals surface area contributed by atoms with Crippen LogP contribution in [0.2, 0.25) is 0 Å². The molecular weight excluding hydrogens is 392 g/mol. The molecule has 3 rings (SSSR count). The lowest BCUT2D eigenvalue weighted by molar-refractivity contribution is -2.00. The van der Waals surface area contributed by atoms with E-state index in [0.717, 1.165) is 11.4 Å². The monoisotopic (exact) mass is 406 g/mol. The van der Waals surface area contributed by atoms with Gasteiger partial charge in [-0.1, -0.05) is 0 Å². The lowest BCUT2D eigenvalue weighted by Crippen LogP contribution is -2.68. The molecule has 0 atom stereocenters. The Hall–Kier alpha value is -3.22. The Morgan fingerprint density at radius 3 is 2.11 bits per heavy atom. The van der Waals surface area contributed by atoms with Gasteiger partial charge in [-0.25, -0.2) is 28.4 Å². The molecule has 0 aromatic carbocycles. The van der Waals surface area contributed by atoms with E-state index in [9.17, 15) is 0 Å². The minimum absolute atomic E-state index is 0. The largest absolute Gasteiger partial charge is 0.500 e. The van der Waals surface area contributed by atoms with Crippen molar-refractivity contribution in [3.05, 3.63) is 23.8 Å². The molecule has 3 aromatic heterocycles. The fraction of sp³-hybridized carbons (Fsp3) is 0.222. The number of aryl methyl sites for hydroxylation is 2. The summed E-state index contributed by atoms with van der Waals surface area (Å²) in [7, 11) is -4.94. The normalized spacial score (nSPS) is 10.4. The van der Waals surface area contributed by atoms with Crippen LogP contribution in [0.5, 0.6) is 0 Å². The summed E-state index contributed by atoms with van der Waals surface area (Å²) in [6, 6.07) is 1.96. The Labute approximate surface area is 152 Å². The minimum atomic E-state index is -4.94. The zero-order chi connectivity index (χ0) is 19.3. The van der Waals surface area contributed by atoms with E-state index < -0.39 is 10.2 Å². The van der Waals surface area contributed by atoms with Crippen LogP contribution in [0, 0.1) is 24.1 Å². The van der Waals surface area contributed by atoms with E-state index in [2.05, 4.69) is 46.5 Å². The molecule has 18 heteroatoms. The number of hydrogen-bond acceptors (Lipinski definition) is 13. The summed E-state index contributed by atoms with van der Waals surface area (Å²) < 4.78 is 36.9. The maximum Gasteiger partial charge on any atom is 0.500 e. The quantitative estimate of drug-likeness (QED) is 0.178. The first-order valence-corrected chi connectivity index (χ1v) is 7.82. The Morgan fingerprint density at radius 1 is 1.07 bits per heavy atom. The predicted octanol–water partition coefficient (Wildman–Crippen LogP) is -7.35. The molecule has 17 nitrogen and oxygen atoms in total. The Kier molecular flexibility index (Phi) is 7.22. The van der Waals surface area contributed by atoms with Gasteiger partial charge in [0.15, 0.2) is 0 Å². The average molecular weight is 407 g/mol. The van der Waals surface area contributed by atoms with Gasteiger partial charge in [-0.2, -0.15) is 0 Å². The molecule has 0 radical (unpaired) electrons. The number of aromatic nitrogens is 9. The summed E-state index contributed by atoms with van der Waals surface area (Å²) in [5, 5.41) is 26.2. The molecule has 0 bridgehead atoms. The Balaban J connectivity index is 0.000000542. The molecule has 0 fully saturated rings. The van der Waals surface area contributed by atoms with Crippen LogP contribution in [0.1, 0.15) is 11.4 Å². The highest BCUT2D eigenvalue weighted by atomic mass is 35.7. The molecule has 0 amide bonds. The molecule has 0 aliphatic heterocycles. The van der Waals surface area contributed by atoms with E-state index in [1.807, 2.05) is 19.9 Å². The SMILES string of the molecule is Cc1cc(C)[n+](-c2nnc(NNc3nncn3N)nn2)[nH]1.O.[O-][Cl+3]([O-])([O-])[O-]. The number of rotatable bonds is 4. The molecule has 27 heavy (non-hydrogen) atoms. The molecule has 0 aliphatic carbocycles. The Morgan fingerprint density at radius 2 is 1.67 bits per heavy atom. The molecule has 148 valence electrons. The van der Waals surface area contributed by atoms with Crippen molar-refractivity contribution in [2.75, 3.05) is 16.7 Å². The highest BCUT2D eigenvalue weighted by Crippen LogP contribution is 1.99. The van der Waals surface area contributed by atoms with E-state index in [0.29, 0.717) is 11.9 Å².